The minimum absolute atomic E-state index is 0.0231. The zero-order chi connectivity index (χ0) is 18.8. The van der Waals surface area contributed by atoms with Gasteiger partial charge in [0.05, 0.1) is 16.8 Å². The lowest BCUT2D eigenvalue weighted by Crippen LogP contribution is -2.17. The second-order valence-electron chi connectivity index (χ2n) is 6.33. The van der Waals surface area contributed by atoms with Crippen molar-refractivity contribution in [3.63, 3.8) is 0 Å². The first-order valence-electron chi connectivity index (χ1n) is 8.92. The topological polar surface area (TPSA) is 52.7 Å². The van der Waals surface area contributed by atoms with Gasteiger partial charge in [0.15, 0.2) is 11.0 Å². The van der Waals surface area contributed by atoms with Gasteiger partial charge in [-0.15, -0.1) is 10.2 Å². The van der Waals surface area contributed by atoms with E-state index in [1.807, 2.05) is 54.6 Å². The molecule has 7 heteroatoms. The van der Waals surface area contributed by atoms with Crippen LogP contribution in [0.4, 0.5) is 0 Å². The molecule has 1 atom stereocenters. The van der Waals surface area contributed by atoms with E-state index in [2.05, 4.69) is 28.6 Å². The van der Waals surface area contributed by atoms with Crippen molar-refractivity contribution >= 4 is 33.3 Å². The second kappa shape index (κ2) is 7.70. The zero-order valence-electron chi connectivity index (χ0n) is 15.2. The maximum atomic E-state index is 12.5. The minimum Gasteiger partial charge on any atom is -0.291 e. The van der Waals surface area contributed by atoms with Crippen LogP contribution in [0.1, 0.15) is 26.1 Å². The summed E-state index contributed by atoms with van der Waals surface area (Å²) in [5, 5.41) is 10.2. The lowest BCUT2D eigenvalue weighted by atomic mass is 10.3. The monoisotopic (exact) mass is 396 g/mol. The Hall–Kier alpha value is -2.38. The van der Waals surface area contributed by atoms with Gasteiger partial charge in [0, 0.05) is 10.9 Å². The van der Waals surface area contributed by atoms with Crippen molar-refractivity contribution in [3.8, 4) is 5.69 Å². The summed E-state index contributed by atoms with van der Waals surface area (Å²) < 4.78 is 4.83. The molecule has 2 aromatic carbocycles. The van der Waals surface area contributed by atoms with Crippen LogP contribution in [-0.2, 0) is 6.54 Å². The SMILES string of the molecule is CC[C@H](C)Sc1nnc(Cn2c(=O)sc3ccccc32)n1-c1ccccc1. The van der Waals surface area contributed by atoms with Crippen LogP contribution in [0.25, 0.3) is 15.9 Å². The van der Waals surface area contributed by atoms with E-state index in [0.29, 0.717) is 11.8 Å². The third-order valence-corrected chi connectivity index (χ3v) is 6.64. The first-order chi connectivity index (χ1) is 13.2. The Morgan fingerprint density at radius 1 is 1.07 bits per heavy atom. The molecule has 0 aliphatic heterocycles. The fourth-order valence-corrected chi connectivity index (χ4v) is 4.71. The third-order valence-electron chi connectivity index (χ3n) is 4.47. The van der Waals surface area contributed by atoms with Gasteiger partial charge in [-0.3, -0.25) is 13.9 Å². The number of benzene rings is 2. The highest BCUT2D eigenvalue weighted by atomic mass is 32.2. The van der Waals surface area contributed by atoms with Gasteiger partial charge in [-0.2, -0.15) is 0 Å². The van der Waals surface area contributed by atoms with Crippen molar-refractivity contribution in [2.75, 3.05) is 0 Å². The molecule has 138 valence electrons. The molecule has 0 saturated carbocycles. The van der Waals surface area contributed by atoms with E-state index < -0.39 is 0 Å². The predicted octanol–water partition coefficient (Wildman–Crippen LogP) is 4.58. The van der Waals surface area contributed by atoms with Crippen molar-refractivity contribution in [1.29, 1.82) is 0 Å². The highest BCUT2D eigenvalue weighted by molar-refractivity contribution is 7.99. The van der Waals surface area contributed by atoms with Crippen LogP contribution < -0.4 is 4.87 Å². The molecule has 0 fully saturated rings. The summed E-state index contributed by atoms with van der Waals surface area (Å²) in [6, 6.07) is 17.9. The fourth-order valence-electron chi connectivity index (χ4n) is 2.88. The van der Waals surface area contributed by atoms with Gasteiger partial charge >= 0.3 is 4.87 Å². The summed E-state index contributed by atoms with van der Waals surface area (Å²) in [5.74, 6) is 0.762. The zero-order valence-corrected chi connectivity index (χ0v) is 16.8. The largest absolute Gasteiger partial charge is 0.308 e. The van der Waals surface area contributed by atoms with Crippen molar-refractivity contribution in [3.05, 3.63) is 70.1 Å². The maximum absolute atomic E-state index is 12.5. The Balaban J connectivity index is 1.81. The summed E-state index contributed by atoms with van der Waals surface area (Å²) >= 11 is 2.98. The molecule has 5 nitrogen and oxygen atoms in total. The van der Waals surface area contributed by atoms with Gasteiger partial charge in [0.1, 0.15) is 0 Å². The fraction of sp³-hybridized carbons (Fsp3) is 0.250. The molecular formula is C20H20N4OS2. The number of fused-ring (bicyclic) bond motifs is 1. The number of thioether (sulfide) groups is 1. The van der Waals surface area contributed by atoms with E-state index in [4.69, 9.17) is 0 Å². The van der Waals surface area contributed by atoms with Crippen LogP contribution in [0.3, 0.4) is 0 Å². The molecule has 2 heterocycles. The maximum Gasteiger partial charge on any atom is 0.308 e. The van der Waals surface area contributed by atoms with Crippen LogP contribution in [0.15, 0.2) is 64.5 Å². The standard InChI is InChI=1S/C20H20N4OS2/c1-3-14(2)26-19-22-21-18(24(19)15-9-5-4-6-10-15)13-23-16-11-7-8-12-17(16)27-20(23)25/h4-12,14H,3,13H2,1-2H3/t14-/m0/s1. The number of nitrogens with zero attached hydrogens (tertiary/aromatic N) is 4. The lowest BCUT2D eigenvalue weighted by Gasteiger charge is -2.12. The predicted molar refractivity (Wildman–Crippen MR) is 112 cm³/mol. The molecule has 4 aromatic rings. The van der Waals surface area contributed by atoms with E-state index in [1.165, 1.54) is 11.3 Å². The Morgan fingerprint density at radius 2 is 1.81 bits per heavy atom. The molecule has 0 spiro atoms. The van der Waals surface area contributed by atoms with E-state index >= 15 is 0 Å². The van der Waals surface area contributed by atoms with Gasteiger partial charge in [0.2, 0.25) is 0 Å². The Kier molecular flexibility index (Phi) is 5.13. The Morgan fingerprint density at radius 3 is 2.59 bits per heavy atom. The lowest BCUT2D eigenvalue weighted by molar-refractivity contribution is 0.725. The van der Waals surface area contributed by atoms with Crippen molar-refractivity contribution in [2.45, 2.75) is 37.2 Å². The molecule has 0 N–H and O–H groups in total. The van der Waals surface area contributed by atoms with Crippen LogP contribution >= 0.6 is 23.1 Å². The summed E-state index contributed by atoms with van der Waals surface area (Å²) in [4.78, 5) is 12.6. The number of hydrogen-bond donors (Lipinski definition) is 0. The number of thiazole rings is 1. The Bertz CT molecular complexity index is 1110. The normalized spacial score (nSPS) is 12.5. The molecule has 0 aliphatic rings. The number of aromatic nitrogens is 4. The van der Waals surface area contributed by atoms with Gasteiger partial charge in [-0.25, -0.2) is 0 Å². The van der Waals surface area contributed by atoms with Crippen LogP contribution in [0.5, 0.6) is 0 Å². The molecule has 0 saturated heterocycles. The van der Waals surface area contributed by atoms with E-state index in [0.717, 1.165) is 33.3 Å². The van der Waals surface area contributed by atoms with Crippen molar-refractivity contribution in [1.82, 2.24) is 19.3 Å². The Labute approximate surface area is 165 Å². The molecule has 0 unspecified atom stereocenters. The molecule has 2 aromatic heterocycles. The smallest absolute Gasteiger partial charge is 0.291 e. The van der Waals surface area contributed by atoms with Crippen LogP contribution in [-0.4, -0.2) is 24.6 Å². The third kappa shape index (κ3) is 3.57. The van der Waals surface area contributed by atoms with E-state index in [1.54, 1.807) is 16.3 Å². The van der Waals surface area contributed by atoms with Crippen molar-refractivity contribution in [2.24, 2.45) is 0 Å². The highest BCUT2D eigenvalue weighted by Gasteiger charge is 2.18. The summed E-state index contributed by atoms with van der Waals surface area (Å²) in [6.45, 7) is 4.75. The number of hydrogen-bond acceptors (Lipinski definition) is 5. The molecular weight excluding hydrogens is 376 g/mol. The average Bonchev–Trinajstić information content (AvgIpc) is 3.23. The van der Waals surface area contributed by atoms with E-state index in [-0.39, 0.29) is 4.87 Å². The molecule has 0 amide bonds. The molecule has 0 bridgehead atoms. The van der Waals surface area contributed by atoms with Gasteiger partial charge in [-0.1, -0.05) is 67.3 Å². The van der Waals surface area contributed by atoms with Gasteiger partial charge < -0.3 is 0 Å². The quantitative estimate of drug-likeness (QED) is 0.448. The average molecular weight is 397 g/mol. The van der Waals surface area contributed by atoms with Gasteiger partial charge in [0.25, 0.3) is 0 Å². The van der Waals surface area contributed by atoms with Gasteiger partial charge in [-0.05, 0) is 30.7 Å². The highest BCUT2D eigenvalue weighted by Crippen LogP contribution is 2.27. The molecule has 0 radical (unpaired) electrons. The second-order valence-corrected chi connectivity index (χ2v) is 8.73. The minimum atomic E-state index is 0.0231. The number of para-hydroxylation sites is 2. The molecule has 0 aliphatic carbocycles. The summed E-state index contributed by atoms with van der Waals surface area (Å²) in [6.07, 6.45) is 1.05. The first-order valence-corrected chi connectivity index (χ1v) is 10.6. The summed E-state index contributed by atoms with van der Waals surface area (Å²) in [5.41, 5.74) is 1.95. The number of rotatable bonds is 6. The molecule has 27 heavy (non-hydrogen) atoms. The molecule has 4 rings (SSSR count). The van der Waals surface area contributed by atoms with Crippen LogP contribution in [0.2, 0.25) is 0 Å². The van der Waals surface area contributed by atoms with Crippen molar-refractivity contribution < 1.29 is 0 Å². The van der Waals surface area contributed by atoms with E-state index in [9.17, 15) is 4.79 Å². The van der Waals surface area contributed by atoms with Crippen LogP contribution in [0, 0.1) is 0 Å². The summed E-state index contributed by atoms with van der Waals surface area (Å²) in [7, 11) is 0. The first kappa shape index (κ1) is 18.0.